The topological polar surface area (TPSA) is 139 Å². The smallest absolute Gasteiger partial charge is 0.406 e. The van der Waals surface area contributed by atoms with Crippen LogP contribution in [-0.4, -0.2) is 38.4 Å². The van der Waals surface area contributed by atoms with E-state index < -0.39 is 56.9 Å². The fourth-order valence-electron chi connectivity index (χ4n) is 1.76. The molecular weight excluding hydrogens is 367 g/mol. The second-order valence-corrected chi connectivity index (χ2v) is 6.73. The van der Waals surface area contributed by atoms with Crippen LogP contribution in [0.2, 0.25) is 0 Å². The first-order chi connectivity index (χ1) is 11.5. The number of halogens is 3. The van der Waals surface area contributed by atoms with Crippen molar-refractivity contribution >= 4 is 21.7 Å². The summed E-state index contributed by atoms with van der Waals surface area (Å²) in [5.74, 6) is -2.87. The molecule has 0 aliphatic heterocycles. The van der Waals surface area contributed by atoms with Gasteiger partial charge >= 0.3 is 6.36 Å². The fraction of sp³-hybridized carbons (Fsp3) is 0.308. The highest BCUT2D eigenvalue weighted by molar-refractivity contribution is 7.92. The molecule has 0 saturated heterocycles. The third-order valence-electron chi connectivity index (χ3n) is 2.78. The molecule has 136 valence electrons. The van der Waals surface area contributed by atoms with Crippen molar-refractivity contribution in [3.8, 4) is 11.8 Å². The fourth-order valence-corrected chi connectivity index (χ4v) is 3.35. The number of hydrogen-bond donors (Lipinski definition) is 2. The molecule has 12 heteroatoms. The highest BCUT2D eigenvalue weighted by Gasteiger charge is 2.36. The van der Waals surface area contributed by atoms with E-state index in [1.165, 1.54) is 0 Å². The van der Waals surface area contributed by atoms with Crippen molar-refractivity contribution in [3.63, 3.8) is 0 Å². The molecule has 0 radical (unpaired) electrons. The Balaban J connectivity index is 3.14. The van der Waals surface area contributed by atoms with E-state index in [9.17, 15) is 31.2 Å². The number of amides is 2. The van der Waals surface area contributed by atoms with Crippen LogP contribution in [0.25, 0.3) is 0 Å². The summed E-state index contributed by atoms with van der Waals surface area (Å²) in [7, 11) is -4.45. The highest BCUT2D eigenvalue weighted by Crippen LogP contribution is 2.26. The van der Waals surface area contributed by atoms with E-state index in [0.717, 1.165) is 24.3 Å². The van der Waals surface area contributed by atoms with E-state index in [1.54, 1.807) is 6.07 Å². The van der Waals surface area contributed by atoms with Gasteiger partial charge in [-0.25, -0.2) is 8.42 Å². The van der Waals surface area contributed by atoms with Gasteiger partial charge < -0.3 is 15.8 Å². The van der Waals surface area contributed by atoms with Gasteiger partial charge in [-0.15, -0.1) is 13.2 Å². The minimum absolute atomic E-state index is 0.498. The molecule has 0 fully saturated rings. The number of carbonyl (C=O) groups excluding carboxylic acids is 2. The Bertz CT molecular complexity index is 785. The Morgan fingerprint density at radius 3 is 2.28 bits per heavy atom. The number of alkyl halides is 3. The van der Waals surface area contributed by atoms with Gasteiger partial charge in [0, 0.05) is 0 Å². The molecule has 3 N–H and O–H groups in total. The molecule has 0 bridgehead atoms. The van der Waals surface area contributed by atoms with E-state index in [2.05, 4.69) is 4.74 Å². The van der Waals surface area contributed by atoms with E-state index >= 15 is 0 Å². The lowest BCUT2D eigenvalue weighted by molar-refractivity contribution is -0.274. The number of sulfone groups is 1. The van der Waals surface area contributed by atoms with Gasteiger partial charge in [-0.2, -0.15) is 5.26 Å². The Morgan fingerprint density at radius 2 is 1.84 bits per heavy atom. The summed E-state index contributed by atoms with van der Waals surface area (Å²) in [5, 5.41) is 8.48. The Kier molecular flexibility index (Phi) is 6.35. The molecule has 0 heterocycles. The molecule has 0 aliphatic rings. The largest absolute Gasteiger partial charge is 0.573 e. The first-order valence-corrected chi connectivity index (χ1v) is 8.04. The number of primary amides is 1. The van der Waals surface area contributed by atoms with Crippen LogP contribution in [0.3, 0.4) is 0 Å². The van der Waals surface area contributed by atoms with Crippen LogP contribution in [0.4, 0.5) is 13.2 Å². The van der Waals surface area contributed by atoms with E-state index in [-0.39, 0.29) is 0 Å². The lowest BCUT2D eigenvalue weighted by Gasteiger charge is -2.16. The molecule has 1 rings (SSSR count). The second-order valence-electron chi connectivity index (χ2n) is 4.60. The van der Waals surface area contributed by atoms with Crippen LogP contribution in [0, 0.1) is 11.3 Å². The van der Waals surface area contributed by atoms with Gasteiger partial charge in [0.2, 0.25) is 11.8 Å². The minimum atomic E-state index is -4.95. The quantitative estimate of drug-likeness (QED) is 0.651. The first kappa shape index (κ1) is 20.2. The molecule has 0 saturated carbocycles. The van der Waals surface area contributed by atoms with E-state index in [4.69, 9.17) is 11.0 Å². The van der Waals surface area contributed by atoms with Gasteiger partial charge in [0.1, 0.15) is 12.3 Å². The normalized spacial score (nSPS) is 12.7. The van der Waals surface area contributed by atoms with Crippen molar-refractivity contribution in [2.75, 3.05) is 6.54 Å². The Morgan fingerprint density at radius 1 is 1.28 bits per heavy atom. The van der Waals surface area contributed by atoms with Crippen molar-refractivity contribution in [2.45, 2.75) is 22.9 Å². The molecule has 1 atom stereocenters. The highest BCUT2D eigenvalue weighted by atomic mass is 32.2. The molecule has 0 aromatic heterocycles. The number of hydrogen-bond acceptors (Lipinski definition) is 6. The van der Waals surface area contributed by atoms with Gasteiger partial charge in [-0.05, 0) is 24.3 Å². The van der Waals surface area contributed by atoms with Crippen molar-refractivity contribution in [3.05, 3.63) is 24.3 Å². The summed E-state index contributed by atoms with van der Waals surface area (Å²) in [6.07, 6.45) is -5.81. The Labute approximate surface area is 140 Å². The van der Waals surface area contributed by atoms with Crippen molar-refractivity contribution in [2.24, 2.45) is 5.73 Å². The number of nitrogens with one attached hydrogen (secondary N) is 1. The molecule has 0 spiro atoms. The maximum Gasteiger partial charge on any atom is 0.573 e. The molecule has 1 aromatic rings. The zero-order valence-electron chi connectivity index (χ0n) is 12.4. The zero-order chi connectivity index (χ0) is 19.3. The molecule has 0 aliphatic carbocycles. The summed E-state index contributed by atoms with van der Waals surface area (Å²) in [6, 6.07) is 4.64. The summed E-state index contributed by atoms with van der Waals surface area (Å²) in [6.45, 7) is -0.498. The van der Waals surface area contributed by atoms with Crippen LogP contribution in [0.15, 0.2) is 29.2 Å². The monoisotopic (exact) mass is 379 g/mol. The molecule has 0 unspecified atom stereocenters. The third-order valence-corrected chi connectivity index (χ3v) is 4.84. The average Bonchev–Trinajstić information content (AvgIpc) is 2.49. The van der Waals surface area contributed by atoms with Crippen LogP contribution >= 0.6 is 0 Å². The van der Waals surface area contributed by atoms with Gasteiger partial charge in [0.05, 0.1) is 17.4 Å². The summed E-state index contributed by atoms with van der Waals surface area (Å²) in [5.41, 5.74) is 4.93. The zero-order valence-corrected chi connectivity index (χ0v) is 13.2. The third kappa shape index (κ3) is 5.96. The standard InChI is InChI=1S/C13H12F3N3O5S/c14-13(15,16)24-8-1-3-9(4-2-8)25(22,23)10(7-11(18)20)12(21)19-6-5-17/h1-4,10H,6-7H2,(H2,18,20)(H,19,21)/t10-/m0/s1. The Hall–Kier alpha value is -2.81. The molecule has 25 heavy (non-hydrogen) atoms. The SMILES string of the molecule is N#CCNC(=O)[C@H](CC(N)=O)S(=O)(=O)c1ccc(OC(F)(F)F)cc1. The number of rotatable bonds is 7. The number of nitrogens with two attached hydrogens (primary N) is 1. The number of nitriles is 1. The molecule has 8 nitrogen and oxygen atoms in total. The van der Waals surface area contributed by atoms with Crippen LogP contribution in [0.1, 0.15) is 6.42 Å². The number of carbonyl (C=O) groups is 2. The van der Waals surface area contributed by atoms with Crippen LogP contribution in [0.5, 0.6) is 5.75 Å². The predicted octanol–water partition coefficient (Wildman–Crippen LogP) is 0.243. The van der Waals surface area contributed by atoms with Gasteiger partial charge in [-0.1, -0.05) is 0 Å². The average molecular weight is 379 g/mol. The van der Waals surface area contributed by atoms with Crippen molar-refractivity contribution < 1.29 is 35.9 Å². The van der Waals surface area contributed by atoms with Crippen molar-refractivity contribution in [1.82, 2.24) is 5.32 Å². The van der Waals surface area contributed by atoms with Crippen molar-refractivity contribution in [1.29, 1.82) is 5.26 Å². The lowest BCUT2D eigenvalue weighted by Crippen LogP contribution is -2.42. The van der Waals surface area contributed by atoms with Gasteiger partial charge in [0.25, 0.3) is 0 Å². The lowest BCUT2D eigenvalue weighted by atomic mass is 10.3. The van der Waals surface area contributed by atoms with Gasteiger partial charge in [0.15, 0.2) is 15.1 Å². The number of benzene rings is 1. The summed E-state index contributed by atoms with van der Waals surface area (Å²) in [4.78, 5) is 22.4. The summed E-state index contributed by atoms with van der Waals surface area (Å²) < 4.78 is 64.8. The minimum Gasteiger partial charge on any atom is -0.406 e. The second kappa shape index (κ2) is 7.84. The molecule has 1 aromatic carbocycles. The number of ether oxygens (including phenoxy) is 1. The summed E-state index contributed by atoms with van der Waals surface area (Å²) >= 11 is 0. The molecule has 2 amide bonds. The maximum absolute atomic E-state index is 12.5. The van der Waals surface area contributed by atoms with E-state index in [0.29, 0.717) is 0 Å². The maximum atomic E-state index is 12.5. The first-order valence-electron chi connectivity index (χ1n) is 6.50. The van der Waals surface area contributed by atoms with E-state index in [1.807, 2.05) is 5.32 Å². The van der Waals surface area contributed by atoms with Crippen LogP contribution < -0.4 is 15.8 Å². The number of nitrogens with zero attached hydrogens (tertiary/aromatic N) is 1. The predicted molar refractivity (Wildman–Crippen MR) is 76.5 cm³/mol. The van der Waals surface area contributed by atoms with Gasteiger partial charge in [-0.3, -0.25) is 9.59 Å². The van der Waals surface area contributed by atoms with Crippen LogP contribution in [-0.2, 0) is 19.4 Å². The molecular formula is C13H12F3N3O5S.